The number of piperidine rings is 1. The van der Waals surface area contributed by atoms with Crippen LogP contribution < -0.4 is 10.1 Å². The van der Waals surface area contributed by atoms with E-state index in [1.807, 2.05) is 26.0 Å². The number of aryl methyl sites for hydroxylation is 2. The summed E-state index contributed by atoms with van der Waals surface area (Å²) in [6.45, 7) is 6.17. The average Bonchev–Trinajstić information content (AvgIpc) is 2.47. The fraction of sp³-hybridized carbons (Fsp3) is 0.588. The van der Waals surface area contributed by atoms with E-state index >= 15 is 0 Å². The van der Waals surface area contributed by atoms with Gasteiger partial charge in [-0.25, -0.2) is 0 Å². The lowest BCUT2D eigenvalue weighted by atomic mass is 9.90. The first-order valence-electron chi connectivity index (χ1n) is 7.51. The number of Topliss-reactive ketones (excluding diaryl/α,β-unsaturated/α-hetero) is 1. The van der Waals surface area contributed by atoms with Crippen molar-refractivity contribution in [3.63, 3.8) is 0 Å². The van der Waals surface area contributed by atoms with Gasteiger partial charge in [-0.05, 0) is 75.4 Å². The molecule has 1 saturated heterocycles. The van der Waals surface area contributed by atoms with Crippen LogP contribution in [0.4, 0.5) is 0 Å². The SMILES string of the molecule is COc1cc(C)c(C(=O)CCC2CCNCC2)cc1C. The highest BCUT2D eigenvalue weighted by Crippen LogP contribution is 2.25. The van der Waals surface area contributed by atoms with Gasteiger partial charge in [0.25, 0.3) is 0 Å². The van der Waals surface area contributed by atoms with Crippen molar-refractivity contribution in [3.8, 4) is 5.75 Å². The molecular formula is C17H25NO2. The highest BCUT2D eigenvalue weighted by Gasteiger charge is 2.17. The summed E-state index contributed by atoms with van der Waals surface area (Å²) in [6, 6.07) is 3.94. The summed E-state index contributed by atoms with van der Waals surface area (Å²) in [5.41, 5.74) is 2.91. The van der Waals surface area contributed by atoms with E-state index in [1.165, 1.54) is 12.8 Å². The van der Waals surface area contributed by atoms with Crippen LogP contribution in [0, 0.1) is 19.8 Å². The van der Waals surface area contributed by atoms with Gasteiger partial charge in [-0.15, -0.1) is 0 Å². The van der Waals surface area contributed by atoms with Crippen molar-refractivity contribution >= 4 is 5.78 Å². The van der Waals surface area contributed by atoms with Gasteiger partial charge in [0.2, 0.25) is 0 Å². The summed E-state index contributed by atoms with van der Waals surface area (Å²) in [5, 5.41) is 3.36. The Morgan fingerprint density at radius 2 is 1.95 bits per heavy atom. The first-order valence-corrected chi connectivity index (χ1v) is 7.51. The second-order valence-corrected chi connectivity index (χ2v) is 5.79. The molecule has 3 nitrogen and oxygen atoms in total. The number of hydrogen-bond acceptors (Lipinski definition) is 3. The van der Waals surface area contributed by atoms with Crippen LogP contribution in [0.5, 0.6) is 5.75 Å². The van der Waals surface area contributed by atoms with Crippen molar-refractivity contribution in [2.24, 2.45) is 5.92 Å². The quantitative estimate of drug-likeness (QED) is 0.838. The lowest BCUT2D eigenvalue weighted by Gasteiger charge is -2.22. The lowest BCUT2D eigenvalue weighted by Crippen LogP contribution is -2.28. The van der Waals surface area contributed by atoms with E-state index in [0.29, 0.717) is 12.3 Å². The maximum Gasteiger partial charge on any atom is 0.163 e. The molecule has 1 N–H and O–H groups in total. The molecule has 1 aromatic rings. The maximum atomic E-state index is 12.4. The van der Waals surface area contributed by atoms with Gasteiger partial charge >= 0.3 is 0 Å². The lowest BCUT2D eigenvalue weighted by molar-refractivity contribution is 0.0970. The topological polar surface area (TPSA) is 38.3 Å². The van der Waals surface area contributed by atoms with Crippen molar-refractivity contribution in [2.45, 2.75) is 39.5 Å². The molecule has 2 rings (SSSR count). The molecule has 0 spiro atoms. The third kappa shape index (κ3) is 3.60. The Morgan fingerprint density at radius 3 is 2.60 bits per heavy atom. The second kappa shape index (κ2) is 6.89. The minimum Gasteiger partial charge on any atom is -0.496 e. The average molecular weight is 275 g/mol. The molecule has 0 saturated carbocycles. The van der Waals surface area contributed by atoms with Crippen LogP contribution in [0.1, 0.15) is 47.2 Å². The summed E-state index contributed by atoms with van der Waals surface area (Å²) < 4.78 is 5.30. The highest BCUT2D eigenvalue weighted by atomic mass is 16.5. The number of hydrogen-bond donors (Lipinski definition) is 1. The number of benzene rings is 1. The molecule has 0 aromatic heterocycles. The number of nitrogens with one attached hydrogen (secondary N) is 1. The van der Waals surface area contributed by atoms with E-state index in [9.17, 15) is 4.79 Å². The van der Waals surface area contributed by atoms with E-state index in [4.69, 9.17) is 4.74 Å². The fourth-order valence-electron chi connectivity index (χ4n) is 2.95. The largest absolute Gasteiger partial charge is 0.496 e. The zero-order valence-corrected chi connectivity index (χ0v) is 12.8. The van der Waals surface area contributed by atoms with Gasteiger partial charge in [0, 0.05) is 12.0 Å². The molecule has 3 heteroatoms. The Kier molecular flexibility index (Phi) is 5.18. The molecule has 110 valence electrons. The molecular weight excluding hydrogens is 250 g/mol. The number of carbonyl (C=O) groups excluding carboxylic acids is 1. The molecule has 1 fully saturated rings. The van der Waals surface area contributed by atoms with E-state index in [-0.39, 0.29) is 5.78 Å². The molecule has 1 aliphatic rings. The molecule has 1 aliphatic heterocycles. The molecule has 0 radical (unpaired) electrons. The van der Waals surface area contributed by atoms with E-state index in [2.05, 4.69) is 5.32 Å². The standard InChI is InChI=1S/C17H25NO2/c1-12-11-17(20-3)13(2)10-15(12)16(19)5-4-14-6-8-18-9-7-14/h10-11,14,18H,4-9H2,1-3H3. The van der Waals surface area contributed by atoms with Gasteiger partial charge in [0.05, 0.1) is 7.11 Å². The van der Waals surface area contributed by atoms with E-state index in [0.717, 1.165) is 42.0 Å². The fourth-order valence-corrected chi connectivity index (χ4v) is 2.95. The van der Waals surface area contributed by atoms with Crippen molar-refractivity contribution in [1.82, 2.24) is 5.32 Å². The number of ether oxygens (including phenoxy) is 1. The molecule has 0 aliphatic carbocycles. The first-order chi connectivity index (χ1) is 9.61. The second-order valence-electron chi connectivity index (χ2n) is 5.79. The Hall–Kier alpha value is -1.35. The summed E-state index contributed by atoms with van der Waals surface area (Å²) in [4.78, 5) is 12.4. The van der Waals surface area contributed by atoms with Crippen molar-refractivity contribution < 1.29 is 9.53 Å². The molecule has 0 amide bonds. The van der Waals surface area contributed by atoms with Crippen LogP contribution in [0.3, 0.4) is 0 Å². The van der Waals surface area contributed by atoms with Crippen LogP contribution in [0.25, 0.3) is 0 Å². The van der Waals surface area contributed by atoms with Crippen LogP contribution in [-0.2, 0) is 0 Å². The molecule has 0 bridgehead atoms. The van der Waals surface area contributed by atoms with Gasteiger partial charge < -0.3 is 10.1 Å². The first kappa shape index (κ1) is 15.0. The van der Waals surface area contributed by atoms with Gasteiger partial charge in [-0.2, -0.15) is 0 Å². The predicted molar refractivity (Wildman–Crippen MR) is 81.6 cm³/mol. The van der Waals surface area contributed by atoms with Crippen LogP contribution >= 0.6 is 0 Å². The van der Waals surface area contributed by atoms with Crippen LogP contribution in [-0.4, -0.2) is 26.0 Å². The van der Waals surface area contributed by atoms with E-state index in [1.54, 1.807) is 7.11 Å². The minimum absolute atomic E-state index is 0.270. The number of rotatable bonds is 5. The van der Waals surface area contributed by atoms with Gasteiger partial charge in [-0.3, -0.25) is 4.79 Å². The summed E-state index contributed by atoms with van der Waals surface area (Å²) >= 11 is 0. The monoisotopic (exact) mass is 275 g/mol. The third-order valence-electron chi connectivity index (χ3n) is 4.28. The molecule has 0 atom stereocenters. The molecule has 1 heterocycles. The Labute approximate surface area is 121 Å². The Bertz CT molecular complexity index is 476. The number of methoxy groups -OCH3 is 1. The highest BCUT2D eigenvalue weighted by molar-refractivity contribution is 5.97. The third-order valence-corrected chi connectivity index (χ3v) is 4.28. The normalized spacial score (nSPS) is 16.1. The molecule has 0 unspecified atom stereocenters. The van der Waals surface area contributed by atoms with Crippen molar-refractivity contribution in [1.29, 1.82) is 0 Å². The minimum atomic E-state index is 0.270. The van der Waals surface area contributed by atoms with Crippen molar-refractivity contribution in [2.75, 3.05) is 20.2 Å². The molecule has 20 heavy (non-hydrogen) atoms. The Morgan fingerprint density at radius 1 is 1.25 bits per heavy atom. The summed E-state index contributed by atoms with van der Waals surface area (Å²) in [7, 11) is 1.67. The van der Waals surface area contributed by atoms with Crippen LogP contribution in [0.15, 0.2) is 12.1 Å². The number of carbonyl (C=O) groups is 1. The van der Waals surface area contributed by atoms with Gasteiger partial charge in [0.1, 0.15) is 5.75 Å². The van der Waals surface area contributed by atoms with Crippen molar-refractivity contribution in [3.05, 3.63) is 28.8 Å². The smallest absolute Gasteiger partial charge is 0.163 e. The predicted octanol–water partition coefficient (Wildman–Crippen LogP) is 3.27. The zero-order chi connectivity index (χ0) is 14.5. The Balaban J connectivity index is 1.99. The molecule has 1 aromatic carbocycles. The van der Waals surface area contributed by atoms with Gasteiger partial charge in [0.15, 0.2) is 5.78 Å². The summed E-state index contributed by atoms with van der Waals surface area (Å²) in [5.74, 6) is 1.84. The van der Waals surface area contributed by atoms with Gasteiger partial charge in [-0.1, -0.05) is 0 Å². The van der Waals surface area contributed by atoms with Crippen LogP contribution in [0.2, 0.25) is 0 Å². The maximum absolute atomic E-state index is 12.4. The zero-order valence-electron chi connectivity index (χ0n) is 12.8. The van der Waals surface area contributed by atoms with E-state index < -0.39 is 0 Å². The summed E-state index contributed by atoms with van der Waals surface area (Å²) in [6.07, 6.45) is 4.09. The number of ketones is 1.